The van der Waals surface area contributed by atoms with E-state index in [1.807, 2.05) is 0 Å². The number of benzene rings is 2. The molecule has 1 heterocycles. The summed E-state index contributed by atoms with van der Waals surface area (Å²) in [5.74, 6) is -1.30. The van der Waals surface area contributed by atoms with Gasteiger partial charge in [-0.15, -0.1) is 0 Å². The van der Waals surface area contributed by atoms with Crippen molar-refractivity contribution in [1.82, 2.24) is 0 Å². The molecule has 2 N–H and O–H groups in total. The number of carbonyl (C=O) groups is 1. The van der Waals surface area contributed by atoms with E-state index in [0.717, 1.165) is 0 Å². The van der Waals surface area contributed by atoms with Crippen LogP contribution in [0.25, 0.3) is 21.9 Å². The summed E-state index contributed by atoms with van der Waals surface area (Å²) in [6.45, 7) is 0. The van der Waals surface area contributed by atoms with Gasteiger partial charge in [0.25, 0.3) is 0 Å². The van der Waals surface area contributed by atoms with Crippen molar-refractivity contribution < 1.29 is 19.4 Å². The van der Waals surface area contributed by atoms with Crippen LogP contribution in [-0.2, 0) is 11.2 Å². The van der Waals surface area contributed by atoms with E-state index in [2.05, 4.69) is 0 Å². The summed E-state index contributed by atoms with van der Waals surface area (Å²) >= 11 is 0. The highest BCUT2D eigenvalue weighted by atomic mass is 16.4. The molecule has 0 aliphatic rings. The molecule has 0 saturated carbocycles. The van der Waals surface area contributed by atoms with Gasteiger partial charge in [-0.05, 0) is 24.3 Å². The number of phenols is 1. The minimum atomic E-state index is -1.11. The number of para-hydroxylation sites is 1. The molecule has 5 heteroatoms. The van der Waals surface area contributed by atoms with Crippen LogP contribution < -0.4 is 5.43 Å². The summed E-state index contributed by atoms with van der Waals surface area (Å²) in [5, 5.41) is 19.4. The lowest BCUT2D eigenvalue weighted by Crippen LogP contribution is -2.06. The van der Waals surface area contributed by atoms with Gasteiger partial charge in [0, 0.05) is 5.56 Å². The Morgan fingerprint density at radius 1 is 1.10 bits per heavy atom. The van der Waals surface area contributed by atoms with Crippen LogP contribution >= 0.6 is 0 Å². The first-order chi connectivity index (χ1) is 9.58. The SMILES string of the molecule is O=C(O)Cc1c(O)ccc2c(=O)c3ccccc3oc12. The molecular weight excluding hydrogens is 260 g/mol. The molecule has 2 aromatic carbocycles. The van der Waals surface area contributed by atoms with Gasteiger partial charge in [0.1, 0.15) is 16.9 Å². The van der Waals surface area contributed by atoms with Gasteiger partial charge < -0.3 is 14.6 Å². The summed E-state index contributed by atoms with van der Waals surface area (Å²) < 4.78 is 5.62. The molecular formula is C15H10O5. The fourth-order valence-corrected chi connectivity index (χ4v) is 2.23. The average molecular weight is 270 g/mol. The Morgan fingerprint density at radius 3 is 2.60 bits per heavy atom. The molecule has 0 amide bonds. The average Bonchev–Trinajstić information content (AvgIpc) is 2.42. The second-order valence-electron chi connectivity index (χ2n) is 4.44. The molecule has 20 heavy (non-hydrogen) atoms. The molecule has 0 atom stereocenters. The normalized spacial score (nSPS) is 11.0. The first kappa shape index (κ1) is 12.2. The Morgan fingerprint density at radius 2 is 1.85 bits per heavy atom. The van der Waals surface area contributed by atoms with E-state index in [0.29, 0.717) is 11.0 Å². The van der Waals surface area contributed by atoms with Gasteiger partial charge in [-0.25, -0.2) is 0 Å². The summed E-state index contributed by atoms with van der Waals surface area (Å²) in [6.07, 6.45) is -0.412. The van der Waals surface area contributed by atoms with Crippen LogP contribution in [0.4, 0.5) is 0 Å². The van der Waals surface area contributed by atoms with Crippen LogP contribution in [-0.4, -0.2) is 16.2 Å². The van der Waals surface area contributed by atoms with E-state index >= 15 is 0 Å². The quantitative estimate of drug-likeness (QED) is 0.697. The Kier molecular flexibility index (Phi) is 2.68. The predicted molar refractivity (Wildman–Crippen MR) is 73.0 cm³/mol. The third kappa shape index (κ3) is 1.80. The van der Waals surface area contributed by atoms with Crippen molar-refractivity contribution in [1.29, 1.82) is 0 Å². The largest absolute Gasteiger partial charge is 0.508 e. The van der Waals surface area contributed by atoms with Crippen LogP contribution in [0.5, 0.6) is 5.75 Å². The van der Waals surface area contributed by atoms with Crippen molar-refractivity contribution in [3.05, 3.63) is 52.2 Å². The van der Waals surface area contributed by atoms with Crippen molar-refractivity contribution in [3.8, 4) is 5.75 Å². The molecule has 0 fully saturated rings. The fourth-order valence-electron chi connectivity index (χ4n) is 2.23. The summed E-state index contributed by atoms with van der Waals surface area (Å²) in [7, 11) is 0. The number of phenolic OH excluding ortho intramolecular Hbond substituents is 1. The zero-order chi connectivity index (χ0) is 14.3. The lowest BCUT2D eigenvalue weighted by molar-refractivity contribution is -0.136. The van der Waals surface area contributed by atoms with Gasteiger partial charge >= 0.3 is 5.97 Å². The first-order valence-corrected chi connectivity index (χ1v) is 5.96. The number of carboxylic acids is 1. The van der Waals surface area contributed by atoms with E-state index in [1.165, 1.54) is 12.1 Å². The molecule has 3 rings (SSSR count). The summed E-state index contributed by atoms with van der Waals surface area (Å²) in [6, 6.07) is 9.47. The maximum absolute atomic E-state index is 12.3. The number of hydrogen-bond acceptors (Lipinski definition) is 4. The van der Waals surface area contributed by atoms with Gasteiger partial charge in [0.15, 0.2) is 0 Å². The number of aliphatic carboxylic acids is 1. The van der Waals surface area contributed by atoms with Crippen molar-refractivity contribution in [2.75, 3.05) is 0 Å². The smallest absolute Gasteiger partial charge is 0.308 e. The third-order valence-corrected chi connectivity index (χ3v) is 3.15. The summed E-state index contributed by atoms with van der Waals surface area (Å²) in [4.78, 5) is 23.2. The second kappa shape index (κ2) is 4.38. The summed E-state index contributed by atoms with van der Waals surface area (Å²) in [5.41, 5.74) is 0.352. The zero-order valence-electron chi connectivity index (χ0n) is 10.3. The van der Waals surface area contributed by atoms with Gasteiger partial charge in [-0.1, -0.05) is 12.1 Å². The molecule has 0 radical (unpaired) electrons. The van der Waals surface area contributed by atoms with Crippen molar-refractivity contribution in [3.63, 3.8) is 0 Å². The van der Waals surface area contributed by atoms with Gasteiger partial charge in [-0.2, -0.15) is 0 Å². The van der Waals surface area contributed by atoms with E-state index in [-0.39, 0.29) is 27.7 Å². The monoisotopic (exact) mass is 270 g/mol. The van der Waals surface area contributed by atoms with Gasteiger partial charge in [-0.3, -0.25) is 9.59 Å². The van der Waals surface area contributed by atoms with Crippen LogP contribution in [0.3, 0.4) is 0 Å². The second-order valence-corrected chi connectivity index (χ2v) is 4.44. The standard InChI is InChI=1S/C15H10O5/c16-11-6-5-9-14(19)8-3-1-2-4-12(8)20-15(9)10(11)7-13(17)18/h1-6,16H,7H2,(H,17,18). The maximum Gasteiger partial charge on any atom is 0.308 e. The molecule has 3 aromatic rings. The van der Waals surface area contributed by atoms with E-state index in [1.54, 1.807) is 24.3 Å². The zero-order valence-corrected chi connectivity index (χ0v) is 10.3. The molecule has 0 unspecified atom stereocenters. The van der Waals surface area contributed by atoms with Gasteiger partial charge in [0.05, 0.1) is 17.2 Å². The van der Waals surface area contributed by atoms with Gasteiger partial charge in [0.2, 0.25) is 5.43 Å². The molecule has 0 bridgehead atoms. The lowest BCUT2D eigenvalue weighted by atomic mass is 10.0. The van der Waals surface area contributed by atoms with Crippen molar-refractivity contribution >= 4 is 27.9 Å². The molecule has 1 aromatic heterocycles. The van der Waals surface area contributed by atoms with Crippen LogP contribution in [0.2, 0.25) is 0 Å². The molecule has 0 saturated heterocycles. The van der Waals surface area contributed by atoms with Crippen molar-refractivity contribution in [2.45, 2.75) is 6.42 Å². The van der Waals surface area contributed by atoms with Crippen LogP contribution in [0, 0.1) is 0 Å². The Hall–Kier alpha value is -2.82. The molecule has 5 nitrogen and oxygen atoms in total. The van der Waals surface area contributed by atoms with Crippen LogP contribution in [0.1, 0.15) is 5.56 Å². The minimum absolute atomic E-state index is 0.109. The van der Waals surface area contributed by atoms with Crippen LogP contribution in [0.15, 0.2) is 45.6 Å². The number of hydrogen-bond donors (Lipinski definition) is 2. The Labute approximate surface area is 112 Å². The number of aromatic hydroxyl groups is 1. The number of carboxylic acid groups (broad SMARTS) is 1. The Balaban J connectivity index is 2.48. The Bertz CT molecular complexity index is 892. The maximum atomic E-state index is 12.3. The molecule has 0 aliphatic carbocycles. The molecule has 0 aliphatic heterocycles. The first-order valence-electron chi connectivity index (χ1n) is 5.96. The molecule has 0 spiro atoms. The molecule has 100 valence electrons. The van der Waals surface area contributed by atoms with E-state index in [9.17, 15) is 14.7 Å². The third-order valence-electron chi connectivity index (χ3n) is 3.15. The number of rotatable bonds is 2. The fraction of sp³-hybridized carbons (Fsp3) is 0.0667. The lowest BCUT2D eigenvalue weighted by Gasteiger charge is -2.07. The minimum Gasteiger partial charge on any atom is -0.508 e. The van der Waals surface area contributed by atoms with E-state index < -0.39 is 12.4 Å². The highest BCUT2D eigenvalue weighted by Gasteiger charge is 2.16. The highest BCUT2D eigenvalue weighted by molar-refractivity contribution is 5.93. The topological polar surface area (TPSA) is 87.7 Å². The number of fused-ring (bicyclic) bond motifs is 2. The van der Waals surface area contributed by atoms with Crippen molar-refractivity contribution in [2.24, 2.45) is 0 Å². The van der Waals surface area contributed by atoms with E-state index in [4.69, 9.17) is 9.52 Å². The highest BCUT2D eigenvalue weighted by Crippen LogP contribution is 2.28. The predicted octanol–water partition coefficient (Wildman–Crippen LogP) is 2.28.